The number of nitrogens with one attached hydrogen (secondary N) is 1. The molecule has 0 aliphatic rings. The molecule has 4 rings (SSSR count). The number of rotatable bonds is 6. The summed E-state index contributed by atoms with van der Waals surface area (Å²) in [5.74, 6) is 1.31. The number of hydrogen-bond acceptors (Lipinski definition) is 6. The Labute approximate surface area is 186 Å². The number of nitrogens with zero attached hydrogens (tertiary/aromatic N) is 5. The highest BCUT2D eigenvalue weighted by molar-refractivity contribution is 5.92. The molecular formula is C24H26N6O2. The van der Waals surface area contributed by atoms with Gasteiger partial charge in [-0.05, 0) is 31.0 Å². The third-order valence-corrected chi connectivity index (χ3v) is 4.99. The molecule has 0 bridgehead atoms. The van der Waals surface area contributed by atoms with Crippen molar-refractivity contribution in [3.63, 3.8) is 0 Å². The molecule has 0 aliphatic carbocycles. The summed E-state index contributed by atoms with van der Waals surface area (Å²) in [5, 5.41) is 7.01. The van der Waals surface area contributed by atoms with Crippen LogP contribution in [0.1, 0.15) is 48.2 Å². The van der Waals surface area contributed by atoms with Crippen molar-refractivity contribution in [1.29, 1.82) is 0 Å². The maximum absolute atomic E-state index is 12.6. The maximum Gasteiger partial charge on any atom is 0.271 e. The molecule has 0 radical (unpaired) electrons. The quantitative estimate of drug-likeness (QED) is 0.498. The fraction of sp³-hybridized carbons (Fsp3) is 0.292. The lowest BCUT2D eigenvalue weighted by atomic mass is 9.96. The number of carbonyl (C=O) groups excluding carboxylic acids is 1. The molecule has 0 unspecified atom stereocenters. The molecule has 3 heterocycles. The Balaban J connectivity index is 1.48. The predicted octanol–water partition coefficient (Wildman–Crippen LogP) is 3.90. The number of amides is 1. The van der Waals surface area contributed by atoms with Crippen LogP contribution in [0.2, 0.25) is 0 Å². The Kier molecular flexibility index (Phi) is 5.85. The number of aryl methyl sites for hydroxylation is 1. The lowest BCUT2D eigenvalue weighted by Crippen LogP contribution is -2.26. The highest BCUT2D eigenvalue weighted by Crippen LogP contribution is 2.27. The zero-order valence-electron chi connectivity index (χ0n) is 18.7. The van der Waals surface area contributed by atoms with Crippen LogP contribution in [0.5, 0.6) is 0 Å². The standard InChI is InChI=1S/C24H26N6O2/c1-16-7-9-17(10-8-16)11-13-26-21(31)19-14-30(15-27-19)20-18(6-5-12-25-20)22-28-23(29-32-22)24(2,3)4/h5-10,12,14-15H,11,13H2,1-4H3,(H,26,31). The highest BCUT2D eigenvalue weighted by atomic mass is 16.5. The summed E-state index contributed by atoms with van der Waals surface area (Å²) in [5.41, 5.74) is 3.13. The van der Waals surface area contributed by atoms with Gasteiger partial charge in [-0.15, -0.1) is 0 Å². The molecule has 0 fully saturated rings. The Morgan fingerprint density at radius 2 is 1.91 bits per heavy atom. The van der Waals surface area contributed by atoms with E-state index in [0.717, 1.165) is 6.42 Å². The van der Waals surface area contributed by atoms with Gasteiger partial charge in [-0.1, -0.05) is 55.8 Å². The lowest BCUT2D eigenvalue weighted by Gasteiger charge is -2.11. The molecule has 1 N–H and O–H groups in total. The molecule has 8 nitrogen and oxygen atoms in total. The zero-order valence-corrected chi connectivity index (χ0v) is 18.7. The molecule has 3 aromatic heterocycles. The summed E-state index contributed by atoms with van der Waals surface area (Å²) in [7, 11) is 0. The van der Waals surface area contributed by atoms with Crippen LogP contribution in [0.4, 0.5) is 0 Å². The summed E-state index contributed by atoms with van der Waals surface area (Å²) in [6.45, 7) is 8.64. The average molecular weight is 431 g/mol. The van der Waals surface area contributed by atoms with Crippen molar-refractivity contribution in [2.75, 3.05) is 6.54 Å². The van der Waals surface area contributed by atoms with Crippen molar-refractivity contribution in [1.82, 2.24) is 30.0 Å². The van der Waals surface area contributed by atoms with Gasteiger partial charge in [0.1, 0.15) is 12.0 Å². The first-order chi connectivity index (χ1) is 15.3. The largest absolute Gasteiger partial charge is 0.350 e. The van der Waals surface area contributed by atoms with E-state index in [1.165, 1.54) is 11.1 Å². The van der Waals surface area contributed by atoms with Crippen molar-refractivity contribution in [2.24, 2.45) is 0 Å². The summed E-state index contributed by atoms with van der Waals surface area (Å²) in [6, 6.07) is 11.9. The van der Waals surface area contributed by atoms with Gasteiger partial charge in [0.25, 0.3) is 11.8 Å². The van der Waals surface area contributed by atoms with Crippen molar-refractivity contribution in [2.45, 2.75) is 39.5 Å². The Morgan fingerprint density at radius 1 is 1.12 bits per heavy atom. The number of carbonyl (C=O) groups is 1. The number of imidazole rings is 1. The number of hydrogen-bond donors (Lipinski definition) is 1. The van der Waals surface area contributed by atoms with Gasteiger partial charge in [-0.3, -0.25) is 9.36 Å². The zero-order chi connectivity index (χ0) is 22.7. The summed E-state index contributed by atoms with van der Waals surface area (Å²) >= 11 is 0. The van der Waals surface area contributed by atoms with Gasteiger partial charge in [-0.2, -0.15) is 4.98 Å². The van der Waals surface area contributed by atoms with Crippen LogP contribution >= 0.6 is 0 Å². The molecule has 1 amide bonds. The van der Waals surface area contributed by atoms with Crippen LogP contribution in [-0.4, -0.2) is 37.1 Å². The molecule has 32 heavy (non-hydrogen) atoms. The first-order valence-corrected chi connectivity index (χ1v) is 10.5. The molecule has 8 heteroatoms. The van der Waals surface area contributed by atoms with E-state index in [1.54, 1.807) is 29.4 Å². The molecule has 4 aromatic rings. The Bertz CT molecular complexity index is 1220. The number of aromatic nitrogens is 5. The van der Waals surface area contributed by atoms with Crippen molar-refractivity contribution in [3.05, 3.63) is 77.8 Å². The van der Waals surface area contributed by atoms with Gasteiger partial charge < -0.3 is 9.84 Å². The van der Waals surface area contributed by atoms with Gasteiger partial charge in [-0.25, -0.2) is 9.97 Å². The fourth-order valence-electron chi connectivity index (χ4n) is 3.13. The summed E-state index contributed by atoms with van der Waals surface area (Å²) in [4.78, 5) is 25.8. The van der Waals surface area contributed by atoms with Gasteiger partial charge in [0, 0.05) is 24.4 Å². The van der Waals surface area contributed by atoms with E-state index in [-0.39, 0.29) is 11.3 Å². The Hall–Kier alpha value is -3.81. The van der Waals surface area contributed by atoms with Crippen LogP contribution in [0.15, 0.2) is 59.6 Å². The third kappa shape index (κ3) is 4.74. The second kappa shape index (κ2) is 8.74. The first kappa shape index (κ1) is 21.4. The van der Waals surface area contributed by atoms with Crippen LogP contribution in [0.25, 0.3) is 17.3 Å². The Morgan fingerprint density at radius 3 is 2.62 bits per heavy atom. The van der Waals surface area contributed by atoms with E-state index in [4.69, 9.17) is 4.52 Å². The average Bonchev–Trinajstić information content (AvgIpc) is 3.45. The van der Waals surface area contributed by atoms with Crippen LogP contribution in [-0.2, 0) is 11.8 Å². The SMILES string of the molecule is Cc1ccc(CCNC(=O)c2cn(-c3ncccc3-c3nc(C(C)(C)C)no3)cn2)cc1. The normalized spacial score (nSPS) is 11.5. The lowest BCUT2D eigenvalue weighted by molar-refractivity contribution is 0.0949. The second-order valence-corrected chi connectivity index (χ2v) is 8.71. The van der Waals surface area contributed by atoms with Crippen molar-refractivity contribution in [3.8, 4) is 17.3 Å². The van der Waals surface area contributed by atoms with Gasteiger partial charge in [0.2, 0.25) is 0 Å². The minimum atomic E-state index is -0.235. The third-order valence-electron chi connectivity index (χ3n) is 4.99. The topological polar surface area (TPSA) is 98.7 Å². The van der Waals surface area contributed by atoms with Gasteiger partial charge in [0.15, 0.2) is 11.6 Å². The molecule has 164 valence electrons. The molecular weight excluding hydrogens is 404 g/mol. The monoisotopic (exact) mass is 430 g/mol. The van der Waals surface area contributed by atoms with E-state index < -0.39 is 0 Å². The molecule has 0 saturated carbocycles. The number of benzene rings is 1. The fourth-order valence-corrected chi connectivity index (χ4v) is 3.13. The van der Waals surface area contributed by atoms with Crippen LogP contribution in [0, 0.1) is 6.92 Å². The summed E-state index contributed by atoms with van der Waals surface area (Å²) in [6.07, 6.45) is 5.63. The molecule has 0 atom stereocenters. The van der Waals surface area contributed by atoms with E-state index in [0.29, 0.717) is 35.3 Å². The smallest absolute Gasteiger partial charge is 0.271 e. The molecule has 0 aliphatic heterocycles. The molecule has 0 spiro atoms. The van der Waals surface area contributed by atoms with Gasteiger partial charge in [0.05, 0.1) is 5.56 Å². The second-order valence-electron chi connectivity index (χ2n) is 8.71. The van der Waals surface area contributed by atoms with Crippen LogP contribution in [0.3, 0.4) is 0 Å². The maximum atomic E-state index is 12.6. The first-order valence-electron chi connectivity index (χ1n) is 10.5. The van der Waals surface area contributed by atoms with E-state index in [1.807, 2.05) is 26.8 Å². The highest BCUT2D eigenvalue weighted by Gasteiger charge is 2.23. The van der Waals surface area contributed by atoms with Gasteiger partial charge >= 0.3 is 0 Å². The molecule has 0 saturated heterocycles. The number of pyridine rings is 1. The minimum absolute atomic E-state index is 0.233. The minimum Gasteiger partial charge on any atom is -0.350 e. The van der Waals surface area contributed by atoms with Crippen molar-refractivity contribution < 1.29 is 9.32 Å². The summed E-state index contributed by atoms with van der Waals surface area (Å²) < 4.78 is 7.17. The van der Waals surface area contributed by atoms with E-state index in [2.05, 4.69) is 56.6 Å². The van der Waals surface area contributed by atoms with E-state index in [9.17, 15) is 4.79 Å². The van der Waals surface area contributed by atoms with Crippen molar-refractivity contribution >= 4 is 5.91 Å². The predicted molar refractivity (Wildman–Crippen MR) is 121 cm³/mol. The molecule has 1 aromatic carbocycles. The van der Waals surface area contributed by atoms with E-state index >= 15 is 0 Å². The van der Waals surface area contributed by atoms with Crippen LogP contribution < -0.4 is 5.32 Å².